The number of pyridine rings is 1. The molecule has 0 spiro atoms. The van der Waals surface area contributed by atoms with Crippen molar-refractivity contribution in [3.05, 3.63) is 17.8 Å². The summed E-state index contributed by atoms with van der Waals surface area (Å²) in [5.74, 6) is 0.492. The molecule has 1 rings (SSSR count). The van der Waals surface area contributed by atoms with Crippen molar-refractivity contribution in [3.63, 3.8) is 0 Å². The number of nitrogen functional groups attached to an aromatic ring is 1. The molecule has 5 heteroatoms. The summed E-state index contributed by atoms with van der Waals surface area (Å²) in [5, 5.41) is 4.97. The first kappa shape index (κ1) is 9.31. The number of carbonyl (C=O) groups is 1. The molecule has 0 fully saturated rings. The van der Waals surface area contributed by atoms with E-state index < -0.39 is 0 Å². The highest BCUT2D eigenvalue weighted by atomic mass is 16.2. The first-order chi connectivity index (χ1) is 6.13. The Kier molecular flexibility index (Phi) is 2.69. The second kappa shape index (κ2) is 3.75. The Bertz CT molecular complexity index is 324. The minimum Gasteiger partial charge on any atom is -0.397 e. The van der Waals surface area contributed by atoms with Crippen molar-refractivity contribution in [3.8, 4) is 0 Å². The topological polar surface area (TPSA) is 80.0 Å². The fraction of sp³-hybridized carbons (Fsp3) is 0.250. The van der Waals surface area contributed by atoms with E-state index in [-0.39, 0.29) is 6.03 Å². The third kappa shape index (κ3) is 2.33. The van der Waals surface area contributed by atoms with Crippen LogP contribution in [-0.2, 0) is 0 Å². The first-order valence-electron chi connectivity index (χ1n) is 3.85. The highest BCUT2D eigenvalue weighted by molar-refractivity contribution is 5.88. The van der Waals surface area contributed by atoms with Gasteiger partial charge in [0.2, 0.25) is 0 Å². The van der Waals surface area contributed by atoms with Crippen LogP contribution in [0.4, 0.5) is 16.3 Å². The van der Waals surface area contributed by atoms with Gasteiger partial charge in [-0.15, -0.1) is 0 Å². The molecule has 0 unspecified atom stereocenters. The number of nitrogens with zero attached hydrogens (tertiary/aromatic N) is 1. The molecular formula is C8H12N4O. The smallest absolute Gasteiger partial charge is 0.320 e. The van der Waals surface area contributed by atoms with Crippen LogP contribution in [0, 0.1) is 6.92 Å². The molecule has 5 nitrogen and oxygen atoms in total. The molecule has 1 aromatic heterocycles. The summed E-state index contributed by atoms with van der Waals surface area (Å²) in [6, 6.07) is 3.06. The number of hydrogen-bond acceptors (Lipinski definition) is 3. The molecule has 70 valence electrons. The number of hydrogen-bond donors (Lipinski definition) is 3. The van der Waals surface area contributed by atoms with Crippen LogP contribution in [0.25, 0.3) is 0 Å². The average molecular weight is 180 g/mol. The van der Waals surface area contributed by atoms with Crippen molar-refractivity contribution in [1.29, 1.82) is 0 Å². The van der Waals surface area contributed by atoms with E-state index >= 15 is 0 Å². The molecule has 0 aliphatic carbocycles. The van der Waals surface area contributed by atoms with Crippen LogP contribution < -0.4 is 16.4 Å². The lowest BCUT2D eigenvalue weighted by Gasteiger charge is -2.05. The normalized spacial score (nSPS) is 9.38. The highest BCUT2D eigenvalue weighted by Crippen LogP contribution is 2.11. The third-order valence-corrected chi connectivity index (χ3v) is 1.60. The number of urea groups is 1. The van der Waals surface area contributed by atoms with Crippen LogP contribution >= 0.6 is 0 Å². The lowest BCUT2D eigenvalue weighted by atomic mass is 10.3. The Hall–Kier alpha value is -1.78. The Morgan fingerprint density at radius 3 is 2.77 bits per heavy atom. The van der Waals surface area contributed by atoms with Crippen molar-refractivity contribution in [1.82, 2.24) is 10.3 Å². The van der Waals surface area contributed by atoms with Gasteiger partial charge in [0.05, 0.1) is 11.4 Å². The zero-order chi connectivity index (χ0) is 9.84. The number of rotatable bonds is 1. The molecule has 0 saturated heterocycles. The van der Waals surface area contributed by atoms with Crippen molar-refractivity contribution in [2.24, 2.45) is 0 Å². The van der Waals surface area contributed by atoms with Gasteiger partial charge in [-0.05, 0) is 19.1 Å². The molecule has 0 aromatic carbocycles. The molecule has 0 aliphatic rings. The highest BCUT2D eigenvalue weighted by Gasteiger charge is 2.01. The van der Waals surface area contributed by atoms with Gasteiger partial charge >= 0.3 is 6.03 Å². The predicted octanol–water partition coefficient (Wildman–Crippen LogP) is 0.724. The van der Waals surface area contributed by atoms with Crippen molar-refractivity contribution < 1.29 is 4.79 Å². The van der Waals surface area contributed by atoms with E-state index in [1.165, 1.54) is 0 Å². The Labute approximate surface area is 76.3 Å². The molecule has 0 bridgehead atoms. The molecule has 2 amide bonds. The fourth-order valence-corrected chi connectivity index (χ4v) is 0.820. The zero-order valence-electron chi connectivity index (χ0n) is 7.59. The lowest BCUT2D eigenvalue weighted by Crippen LogP contribution is -2.25. The molecular weight excluding hydrogens is 168 g/mol. The summed E-state index contributed by atoms with van der Waals surface area (Å²) >= 11 is 0. The monoisotopic (exact) mass is 180 g/mol. The van der Waals surface area contributed by atoms with Crippen LogP contribution in [0.2, 0.25) is 0 Å². The van der Waals surface area contributed by atoms with Crippen molar-refractivity contribution in [2.75, 3.05) is 18.1 Å². The van der Waals surface area contributed by atoms with E-state index in [9.17, 15) is 4.79 Å². The molecule has 4 N–H and O–H groups in total. The minimum absolute atomic E-state index is 0.295. The van der Waals surface area contributed by atoms with Crippen LogP contribution in [-0.4, -0.2) is 18.1 Å². The van der Waals surface area contributed by atoms with Gasteiger partial charge < -0.3 is 11.1 Å². The average Bonchev–Trinajstić information content (AvgIpc) is 2.11. The van der Waals surface area contributed by atoms with Crippen LogP contribution in [0.15, 0.2) is 12.1 Å². The number of amides is 2. The van der Waals surface area contributed by atoms with Crippen LogP contribution in [0.1, 0.15) is 5.69 Å². The maximum Gasteiger partial charge on any atom is 0.320 e. The van der Waals surface area contributed by atoms with Gasteiger partial charge in [-0.2, -0.15) is 0 Å². The minimum atomic E-state index is -0.295. The largest absolute Gasteiger partial charge is 0.397 e. The number of nitrogens with one attached hydrogen (secondary N) is 2. The standard InChI is InChI=1S/C8H12N4O/c1-5-6(9)3-4-7(11-5)12-8(13)10-2/h3-4H,9H2,1-2H3,(H2,10,11,12,13). The van der Waals surface area contributed by atoms with Gasteiger partial charge in [0.25, 0.3) is 0 Å². The molecule has 0 aliphatic heterocycles. The maximum absolute atomic E-state index is 10.9. The van der Waals surface area contributed by atoms with Gasteiger partial charge in [0.1, 0.15) is 5.82 Å². The van der Waals surface area contributed by atoms with E-state index in [0.717, 1.165) is 0 Å². The molecule has 13 heavy (non-hydrogen) atoms. The first-order valence-corrected chi connectivity index (χ1v) is 3.85. The summed E-state index contributed by atoms with van der Waals surface area (Å²) in [6.45, 7) is 1.78. The maximum atomic E-state index is 10.9. The van der Waals surface area contributed by atoms with Gasteiger partial charge in [-0.25, -0.2) is 9.78 Å². The van der Waals surface area contributed by atoms with Gasteiger partial charge in [0.15, 0.2) is 0 Å². The van der Waals surface area contributed by atoms with E-state index in [4.69, 9.17) is 5.73 Å². The van der Waals surface area contributed by atoms with Gasteiger partial charge in [-0.1, -0.05) is 0 Å². The number of anilines is 2. The van der Waals surface area contributed by atoms with E-state index in [1.54, 1.807) is 26.1 Å². The molecule has 0 saturated carbocycles. The summed E-state index contributed by atoms with van der Waals surface area (Å²) in [5.41, 5.74) is 6.88. The zero-order valence-corrected chi connectivity index (χ0v) is 7.59. The molecule has 0 atom stereocenters. The Balaban J connectivity index is 2.79. The second-order valence-electron chi connectivity index (χ2n) is 2.58. The lowest BCUT2D eigenvalue weighted by molar-refractivity contribution is 0.254. The summed E-state index contributed by atoms with van der Waals surface area (Å²) in [6.07, 6.45) is 0. The second-order valence-corrected chi connectivity index (χ2v) is 2.58. The number of carbonyl (C=O) groups excluding carboxylic acids is 1. The summed E-state index contributed by atoms with van der Waals surface area (Å²) in [7, 11) is 1.54. The number of nitrogens with two attached hydrogens (primary N) is 1. The number of aromatic nitrogens is 1. The van der Waals surface area contributed by atoms with Crippen LogP contribution in [0.3, 0.4) is 0 Å². The quantitative estimate of drug-likeness (QED) is 0.595. The van der Waals surface area contributed by atoms with E-state index in [1.807, 2.05) is 0 Å². The Morgan fingerprint density at radius 2 is 2.23 bits per heavy atom. The predicted molar refractivity (Wildman–Crippen MR) is 51.5 cm³/mol. The summed E-state index contributed by atoms with van der Waals surface area (Å²) < 4.78 is 0. The fourth-order valence-electron chi connectivity index (χ4n) is 0.820. The van der Waals surface area contributed by atoms with Gasteiger partial charge in [-0.3, -0.25) is 5.32 Å². The SMILES string of the molecule is CNC(=O)Nc1ccc(N)c(C)n1. The van der Waals surface area contributed by atoms with Crippen molar-refractivity contribution >= 4 is 17.5 Å². The number of aryl methyl sites for hydroxylation is 1. The third-order valence-electron chi connectivity index (χ3n) is 1.60. The van der Waals surface area contributed by atoms with Gasteiger partial charge in [0, 0.05) is 7.05 Å². The molecule has 0 radical (unpaired) electrons. The van der Waals surface area contributed by atoms with E-state index in [2.05, 4.69) is 15.6 Å². The van der Waals surface area contributed by atoms with Crippen molar-refractivity contribution in [2.45, 2.75) is 6.92 Å². The molecule has 1 heterocycles. The summed E-state index contributed by atoms with van der Waals surface area (Å²) in [4.78, 5) is 14.9. The Morgan fingerprint density at radius 1 is 1.54 bits per heavy atom. The van der Waals surface area contributed by atoms with Crippen LogP contribution in [0.5, 0.6) is 0 Å². The molecule has 1 aromatic rings. The van der Waals surface area contributed by atoms with E-state index in [0.29, 0.717) is 17.2 Å².